The van der Waals surface area contributed by atoms with E-state index in [2.05, 4.69) is 53.1 Å². The predicted octanol–water partition coefficient (Wildman–Crippen LogP) is 7.14. The van der Waals surface area contributed by atoms with Crippen LogP contribution in [0.15, 0.2) is 0 Å². The van der Waals surface area contributed by atoms with Gasteiger partial charge in [0.1, 0.15) is 0 Å². The molecule has 5 heteroatoms. The van der Waals surface area contributed by atoms with Gasteiger partial charge < -0.3 is 8.85 Å². The standard InChI is InChI=1S/C21H46O3Si2/c1-19(2)16-14-12-10-9-11-13-15-17-20(23-25(3,4)5)18-21(22)24-26(6,7)8/h19-20H,9-18H2,1-8H3. The third kappa shape index (κ3) is 18.6. The van der Waals surface area contributed by atoms with Gasteiger partial charge in [0.25, 0.3) is 5.97 Å². The lowest BCUT2D eigenvalue weighted by Crippen LogP contribution is -2.36. The van der Waals surface area contributed by atoms with Gasteiger partial charge in [0.05, 0.1) is 12.5 Å². The first-order valence-corrected chi connectivity index (χ1v) is 17.6. The highest BCUT2D eigenvalue weighted by molar-refractivity contribution is 6.71. The monoisotopic (exact) mass is 402 g/mol. The molecule has 0 aromatic heterocycles. The van der Waals surface area contributed by atoms with Crippen molar-refractivity contribution in [1.82, 2.24) is 0 Å². The first kappa shape index (κ1) is 25.9. The molecule has 0 amide bonds. The van der Waals surface area contributed by atoms with Crippen LogP contribution in [-0.4, -0.2) is 28.7 Å². The SMILES string of the molecule is CC(C)CCCCCCCCCC(CC(=O)O[Si](C)(C)C)O[Si](C)(C)C. The van der Waals surface area contributed by atoms with Crippen molar-refractivity contribution in [3.8, 4) is 0 Å². The second-order valence-corrected chi connectivity index (χ2v) is 19.0. The molecule has 3 nitrogen and oxygen atoms in total. The van der Waals surface area contributed by atoms with Gasteiger partial charge in [0, 0.05) is 0 Å². The summed E-state index contributed by atoms with van der Waals surface area (Å²) >= 11 is 0. The van der Waals surface area contributed by atoms with Gasteiger partial charge in [-0.2, -0.15) is 0 Å². The minimum absolute atomic E-state index is 0.0385. The van der Waals surface area contributed by atoms with Crippen LogP contribution in [0.2, 0.25) is 39.3 Å². The molecule has 0 bridgehead atoms. The molecule has 0 radical (unpaired) electrons. The molecule has 0 saturated carbocycles. The van der Waals surface area contributed by atoms with Gasteiger partial charge in [0.15, 0.2) is 8.32 Å². The fourth-order valence-electron chi connectivity index (χ4n) is 3.08. The molecule has 0 aromatic carbocycles. The Kier molecular flexibility index (Phi) is 13.0. The van der Waals surface area contributed by atoms with E-state index >= 15 is 0 Å². The minimum atomic E-state index is -1.81. The summed E-state index contributed by atoms with van der Waals surface area (Å²) in [5.74, 6) is 0.767. The molecule has 0 aromatic rings. The highest BCUT2D eigenvalue weighted by atomic mass is 28.4. The lowest BCUT2D eigenvalue weighted by molar-refractivity contribution is -0.137. The van der Waals surface area contributed by atoms with Crippen LogP contribution in [0.25, 0.3) is 0 Å². The molecule has 1 atom stereocenters. The summed E-state index contributed by atoms with van der Waals surface area (Å²) in [5.41, 5.74) is 0. The molecule has 26 heavy (non-hydrogen) atoms. The van der Waals surface area contributed by atoms with Crippen LogP contribution in [0.5, 0.6) is 0 Å². The third-order valence-corrected chi connectivity index (χ3v) is 6.02. The van der Waals surface area contributed by atoms with Crippen molar-refractivity contribution in [1.29, 1.82) is 0 Å². The van der Waals surface area contributed by atoms with E-state index in [-0.39, 0.29) is 12.1 Å². The van der Waals surface area contributed by atoms with E-state index in [1.54, 1.807) is 0 Å². The van der Waals surface area contributed by atoms with Crippen molar-refractivity contribution in [2.75, 3.05) is 0 Å². The van der Waals surface area contributed by atoms with Gasteiger partial charge in [-0.15, -0.1) is 0 Å². The molecular weight excluding hydrogens is 356 g/mol. The van der Waals surface area contributed by atoms with Crippen molar-refractivity contribution in [3.05, 3.63) is 0 Å². The summed E-state index contributed by atoms with van der Waals surface area (Å²) < 4.78 is 11.9. The number of hydrogen-bond donors (Lipinski definition) is 0. The fourth-order valence-corrected chi connectivity index (χ4v) is 5.05. The second kappa shape index (κ2) is 13.1. The second-order valence-electron chi connectivity index (χ2n) is 10.1. The molecule has 0 spiro atoms. The highest BCUT2D eigenvalue weighted by Crippen LogP contribution is 2.19. The molecule has 0 saturated heterocycles. The average Bonchev–Trinajstić information content (AvgIpc) is 2.41. The number of rotatable bonds is 15. The van der Waals surface area contributed by atoms with E-state index in [0.29, 0.717) is 6.42 Å². The molecule has 0 N–H and O–H groups in total. The summed E-state index contributed by atoms with van der Waals surface area (Å²) in [6.07, 6.45) is 12.0. The first-order valence-electron chi connectivity index (χ1n) is 10.8. The zero-order valence-electron chi connectivity index (χ0n) is 19.0. The van der Waals surface area contributed by atoms with Gasteiger partial charge in [-0.3, -0.25) is 4.79 Å². The third-order valence-electron chi connectivity index (χ3n) is 4.14. The maximum atomic E-state index is 12.2. The minimum Gasteiger partial charge on any atom is -0.520 e. The maximum absolute atomic E-state index is 12.2. The average molecular weight is 403 g/mol. The lowest BCUT2D eigenvalue weighted by Gasteiger charge is -2.27. The Bertz CT molecular complexity index is 370. The summed E-state index contributed by atoms with van der Waals surface area (Å²) in [4.78, 5) is 12.2. The summed E-state index contributed by atoms with van der Waals surface area (Å²) in [6, 6.07) is 0. The van der Waals surface area contributed by atoms with Crippen LogP contribution >= 0.6 is 0 Å². The van der Waals surface area contributed by atoms with Gasteiger partial charge in [-0.05, 0) is 51.6 Å². The van der Waals surface area contributed by atoms with Crippen molar-refractivity contribution in [2.45, 2.75) is 123 Å². The van der Waals surface area contributed by atoms with Crippen molar-refractivity contribution >= 4 is 22.6 Å². The van der Waals surface area contributed by atoms with Crippen molar-refractivity contribution in [3.63, 3.8) is 0 Å². The molecule has 0 fully saturated rings. The van der Waals surface area contributed by atoms with E-state index in [1.807, 2.05) is 0 Å². The predicted molar refractivity (Wildman–Crippen MR) is 119 cm³/mol. The summed E-state index contributed by atoms with van der Waals surface area (Å²) in [6.45, 7) is 17.4. The molecular formula is C21H46O3Si2. The Morgan fingerprint density at radius 1 is 0.731 bits per heavy atom. The van der Waals surface area contributed by atoms with Crippen LogP contribution in [-0.2, 0) is 13.6 Å². The summed E-state index contributed by atoms with van der Waals surface area (Å²) in [5, 5.41) is 0. The smallest absolute Gasteiger partial charge is 0.295 e. The van der Waals surface area contributed by atoms with Crippen LogP contribution < -0.4 is 0 Å². The maximum Gasteiger partial charge on any atom is 0.295 e. The number of carbonyl (C=O) groups is 1. The number of unbranched alkanes of at least 4 members (excludes halogenated alkanes) is 6. The van der Waals surface area contributed by atoms with Crippen LogP contribution in [0.1, 0.15) is 78.1 Å². The largest absolute Gasteiger partial charge is 0.520 e. The Hall–Kier alpha value is -0.136. The lowest BCUT2D eigenvalue weighted by atomic mass is 10.0. The Balaban J connectivity index is 4.03. The quantitative estimate of drug-likeness (QED) is 0.216. The van der Waals surface area contributed by atoms with Gasteiger partial charge in [-0.25, -0.2) is 0 Å². The van der Waals surface area contributed by atoms with Crippen LogP contribution in [0.3, 0.4) is 0 Å². The Labute approximate surface area is 165 Å². The molecule has 0 aliphatic heterocycles. The highest BCUT2D eigenvalue weighted by Gasteiger charge is 2.26. The van der Waals surface area contributed by atoms with Gasteiger partial charge >= 0.3 is 0 Å². The Morgan fingerprint density at radius 3 is 1.62 bits per heavy atom. The van der Waals surface area contributed by atoms with E-state index in [9.17, 15) is 4.79 Å². The Morgan fingerprint density at radius 2 is 1.19 bits per heavy atom. The van der Waals surface area contributed by atoms with Crippen molar-refractivity contribution < 1.29 is 13.6 Å². The fraction of sp³-hybridized carbons (Fsp3) is 0.952. The zero-order valence-corrected chi connectivity index (χ0v) is 21.0. The summed E-state index contributed by atoms with van der Waals surface area (Å²) in [7, 11) is -3.45. The first-order chi connectivity index (χ1) is 11.9. The molecule has 156 valence electrons. The molecule has 1 unspecified atom stereocenters. The topological polar surface area (TPSA) is 35.5 Å². The van der Waals surface area contributed by atoms with Gasteiger partial charge in [0.2, 0.25) is 8.32 Å². The van der Waals surface area contributed by atoms with E-state index in [1.165, 1.54) is 44.9 Å². The molecule has 0 aliphatic carbocycles. The van der Waals surface area contributed by atoms with Crippen LogP contribution in [0, 0.1) is 5.92 Å². The number of carbonyl (C=O) groups excluding carboxylic acids is 1. The van der Waals surface area contributed by atoms with Gasteiger partial charge in [-0.1, -0.05) is 65.2 Å². The van der Waals surface area contributed by atoms with E-state index < -0.39 is 16.6 Å². The zero-order chi connectivity index (χ0) is 20.2. The normalized spacial score (nSPS) is 13.9. The van der Waals surface area contributed by atoms with E-state index in [0.717, 1.165) is 18.8 Å². The van der Waals surface area contributed by atoms with E-state index in [4.69, 9.17) is 8.85 Å². The molecule has 0 rings (SSSR count). The molecule has 0 aliphatic rings. The van der Waals surface area contributed by atoms with Crippen LogP contribution in [0.4, 0.5) is 0 Å². The van der Waals surface area contributed by atoms with Crippen molar-refractivity contribution in [2.24, 2.45) is 5.92 Å². The molecule has 0 heterocycles. The number of hydrogen-bond acceptors (Lipinski definition) is 3.